The predicted octanol–water partition coefficient (Wildman–Crippen LogP) is 2.97. The van der Waals surface area contributed by atoms with Crippen molar-refractivity contribution in [2.24, 2.45) is 0 Å². The van der Waals surface area contributed by atoms with E-state index >= 15 is 0 Å². The molecule has 0 aliphatic carbocycles. The summed E-state index contributed by atoms with van der Waals surface area (Å²) in [5.41, 5.74) is 0.380. The van der Waals surface area contributed by atoms with Crippen LogP contribution in [0.3, 0.4) is 0 Å². The molecule has 0 amide bonds. The Morgan fingerprint density at radius 3 is 2.93 bits per heavy atom. The van der Waals surface area contributed by atoms with Crippen molar-refractivity contribution in [3.8, 4) is 17.6 Å². The molecule has 1 nitrogen and oxygen atoms in total. The number of hydrogen-bond acceptors (Lipinski definition) is 1. The molecule has 0 aromatic heterocycles. The highest BCUT2D eigenvalue weighted by Crippen LogP contribution is 2.15. The number of methoxy groups -OCH3 is 1. The Balaban J connectivity index is 2.91. The number of hydrogen-bond donors (Lipinski definition) is 0. The molecule has 0 aliphatic heterocycles. The topological polar surface area (TPSA) is 9.23 Å². The third-order valence-corrected chi connectivity index (χ3v) is 2.01. The molecule has 0 saturated carbocycles. The number of alkyl halides is 1. The van der Waals surface area contributed by atoms with Crippen LogP contribution in [0.15, 0.2) is 18.2 Å². The molecule has 0 N–H and O–H groups in total. The molecular formula is C11H10BrFO. The van der Waals surface area contributed by atoms with Gasteiger partial charge in [0.05, 0.1) is 12.7 Å². The quantitative estimate of drug-likeness (QED) is 0.584. The molecule has 0 aliphatic rings. The van der Waals surface area contributed by atoms with Gasteiger partial charge in [-0.05, 0) is 18.2 Å². The van der Waals surface area contributed by atoms with Gasteiger partial charge in [-0.15, -0.1) is 0 Å². The van der Waals surface area contributed by atoms with Gasteiger partial charge in [0.2, 0.25) is 0 Å². The van der Waals surface area contributed by atoms with Gasteiger partial charge < -0.3 is 4.74 Å². The highest BCUT2D eigenvalue weighted by atomic mass is 79.9. The summed E-state index contributed by atoms with van der Waals surface area (Å²) in [4.78, 5) is 0. The Morgan fingerprint density at radius 2 is 2.29 bits per heavy atom. The Bertz CT molecular complexity index is 365. The fraction of sp³-hybridized carbons (Fsp3) is 0.273. The van der Waals surface area contributed by atoms with Crippen LogP contribution in [0, 0.1) is 17.7 Å². The van der Waals surface area contributed by atoms with Gasteiger partial charge in [-0.1, -0.05) is 27.8 Å². The van der Waals surface area contributed by atoms with E-state index in [1.807, 2.05) is 0 Å². The summed E-state index contributed by atoms with van der Waals surface area (Å²) in [5.74, 6) is 5.91. The summed E-state index contributed by atoms with van der Waals surface area (Å²) in [6.07, 6.45) is 0.705. The van der Waals surface area contributed by atoms with Gasteiger partial charge in [0, 0.05) is 11.8 Å². The third kappa shape index (κ3) is 3.04. The molecule has 3 heteroatoms. The summed E-state index contributed by atoms with van der Waals surface area (Å²) in [6, 6.07) is 4.53. The number of ether oxygens (including phenoxy) is 1. The van der Waals surface area contributed by atoms with Crippen molar-refractivity contribution in [3.05, 3.63) is 29.6 Å². The lowest BCUT2D eigenvalue weighted by molar-refractivity contribution is 0.413. The molecule has 14 heavy (non-hydrogen) atoms. The molecule has 0 spiro atoms. The van der Waals surface area contributed by atoms with Crippen LogP contribution in [0.25, 0.3) is 0 Å². The van der Waals surface area contributed by atoms with E-state index in [1.54, 1.807) is 19.2 Å². The van der Waals surface area contributed by atoms with E-state index in [4.69, 9.17) is 4.74 Å². The lowest BCUT2D eigenvalue weighted by Gasteiger charge is -2.00. The van der Waals surface area contributed by atoms with Crippen molar-refractivity contribution in [3.63, 3.8) is 0 Å². The lowest BCUT2D eigenvalue weighted by atomic mass is 10.2. The number of benzene rings is 1. The first kappa shape index (κ1) is 11.1. The fourth-order valence-electron chi connectivity index (χ4n) is 0.932. The van der Waals surface area contributed by atoms with Gasteiger partial charge in [-0.2, -0.15) is 0 Å². The molecule has 0 heterocycles. The summed E-state index contributed by atoms with van der Waals surface area (Å²) in [5, 5.41) is 0.797. The molecule has 0 radical (unpaired) electrons. The average Bonchev–Trinajstić information content (AvgIpc) is 2.21. The summed E-state index contributed by atoms with van der Waals surface area (Å²) < 4.78 is 18.1. The highest BCUT2D eigenvalue weighted by Gasteiger charge is 2.00. The van der Waals surface area contributed by atoms with Crippen LogP contribution in [-0.2, 0) is 0 Å². The van der Waals surface area contributed by atoms with E-state index in [9.17, 15) is 4.39 Å². The first-order valence-corrected chi connectivity index (χ1v) is 5.28. The van der Waals surface area contributed by atoms with Crippen molar-refractivity contribution in [2.75, 3.05) is 12.4 Å². The molecule has 0 bridgehead atoms. The van der Waals surface area contributed by atoms with Crippen LogP contribution in [0.2, 0.25) is 0 Å². The van der Waals surface area contributed by atoms with Crippen molar-refractivity contribution in [2.45, 2.75) is 6.42 Å². The Hall–Kier alpha value is -1.01. The van der Waals surface area contributed by atoms with Crippen LogP contribution in [0.1, 0.15) is 12.0 Å². The highest BCUT2D eigenvalue weighted by molar-refractivity contribution is 9.09. The van der Waals surface area contributed by atoms with Crippen LogP contribution in [0.5, 0.6) is 5.75 Å². The van der Waals surface area contributed by atoms with E-state index in [1.165, 1.54) is 6.07 Å². The van der Waals surface area contributed by atoms with Crippen LogP contribution < -0.4 is 4.74 Å². The predicted molar refractivity (Wildman–Crippen MR) is 58.2 cm³/mol. The zero-order valence-electron chi connectivity index (χ0n) is 7.81. The summed E-state index contributed by atoms with van der Waals surface area (Å²) in [6.45, 7) is 0. The van der Waals surface area contributed by atoms with Crippen molar-refractivity contribution < 1.29 is 9.13 Å². The lowest BCUT2D eigenvalue weighted by Crippen LogP contribution is -1.87. The fourth-order valence-corrected chi connectivity index (χ4v) is 1.13. The van der Waals surface area contributed by atoms with Crippen molar-refractivity contribution in [1.82, 2.24) is 0 Å². The van der Waals surface area contributed by atoms with Crippen LogP contribution in [-0.4, -0.2) is 12.4 Å². The zero-order valence-corrected chi connectivity index (χ0v) is 9.40. The standard InChI is InChI=1S/C11H10BrFO/c1-14-10-5-6-11(13)9(8-10)4-2-3-7-12/h5-6,8H,3,7H2,1H3. The second kappa shape index (κ2) is 5.66. The first-order valence-electron chi connectivity index (χ1n) is 4.16. The first-order chi connectivity index (χ1) is 6.77. The SMILES string of the molecule is COc1ccc(F)c(C#CCCBr)c1. The maximum atomic E-state index is 13.2. The summed E-state index contributed by atoms with van der Waals surface area (Å²) in [7, 11) is 1.54. The number of halogens is 2. The van der Waals surface area contributed by atoms with E-state index < -0.39 is 0 Å². The second-order valence-electron chi connectivity index (χ2n) is 2.59. The average molecular weight is 257 g/mol. The smallest absolute Gasteiger partial charge is 0.139 e. The maximum absolute atomic E-state index is 13.2. The summed E-state index contributed by atoms with van der Waals surface area (Å²) >= 11 is 3.25. The van der Waals surface area contributed by atoms with E-state index in [0.717, 1.165) is 5.33 Å². The van der Waals surface area contributed by atoms with Crippen LogP contribution >= 0.6 is 15.9 Å². The Morgan fingerprint density at radius 1 is 1.50 bits per heavy atom. The van der Waals surface area contributed by atoms with Crippen LogP contribution in [0.4, 0.5) is 4.39 Å². The maximum Gasteiger partial charge on any atom is 0.139 e. The molecule has 0 saturated heterocycles. The van der Waals surface area contributed by atoms with Gasteiger partial charge in [0.25, 0.3) is 0 Å². The Kier molecular flexibility index (Phi) is 4.48. The Labute approximate surface area is 91.4 Å². The van der Waals surface area contributed by atoms with E-state index in [2.05, 4.69) is 27.8 Å². The molecule has 0 unspecified atom stereocenters. The molecule has 0 atom stereocenters. The monoisotopic (exact) mass is 256 g/mol. The third-order valence-electron chi connectivity index (χ3n) is 1.62. The van der Waals surface area contributed by atoms with Crippen molar-refractivity contribution in [1.29, 1.82) is 0 Å². The van der Waals surface area contributed by atoms with Gasteiger partial charge in [0.1, 0.15) is 11.6 Å². The molecule has 1 aromatic rings. The van der Waals surface area contributed by atoms with Crippen molar-refractivity contribution >= 4 is 15.9 Å². The normalized spacial score (nSPS) is 9.07. The van der Waals surface area contributed by atoms with E-state index in [-0.39, 0.29) is 5.82 Å². The van der Waals surface area contributed by atoms with E-state index in [0.29, 0.717) is 17.7 Å². The molecule has 1 rings (SSSR count). The molecule has 0 fully saturated rings. The van der Waals surface area contributed by atoms with Gasteiger partial charge >= 0.3 is 0 Å². The largest absolute Gasteiger partial charge is 0.497 e. The van der Waals surface area contributed by atoms with Gasteiger partial charge in [-0.25, -0.2) is 4.39 Å². The minimum atomic E-state index is -0.312. The molecular weight excluding hydrogens is 247 g/mol. The van der Waals surface area contributed by atoms with Gasteiger partial charge in [-0.3, -0.25) is 0 Å². The second-order valence-corrected chi connectivity index (χ2v) is 3.38. The van der Waals surface area contributed by atoms with Gasteiger partial charge in [0.15, 0.2) is 0 Å². The molecule has 1 aromatic carbocycles. The zero-order chi connectivity index (χ0) is 10.4. The molecule has 74 valence electrons. The minimum Gasteiger partial charge on any atom is -0.497 e. The minimum absolute atomic E-state index is 0.312. The number of rotatable bonds is 2.